The van der Waals surface area contributed by atoms with Gasteiger partial charge in [-0.15, -0.1) is 0 Å². The maximum absolute atomic E-state index is 11.8. The van der Waals surface area contributed by atoms with E-state index in [0.29, 0.717) is 26.3 Å². The van der Waals surface area contributed by atoms with Crippen molar-refractivity contribution in [1.29, 1.82) is 0 Å². The highest BCUT2D eigenvalue weighted by Crippen LogP contribution is 2.17. The van der Waals surface area contributed by atoms with Gasteiger partial charge in [0.25, 0.3) is 0 Å². The number of hydrogen-bond donors (Lipinski definition) is 0. The number of carbonyl (C=O) groups excluding carboxylic acids is 1. The predicted octanol–water partition coefficient (Wildman–Crippen LogP) is 2.93. The van der Waals surface area contributed by atoms with Gasteiger partial charge in [0.15, 0.2) is 0 Å². The summed E-state index contributed by atoms with van der Waals surface area (Å²) in [7, 11) is 0. The Morgan fingerprint density at radius 3 is 2.69 bits per heavy atom. The summed E-state index contributed by atoms with van der Waals surface area (Å²) in [6.07, 6.45) is 1.56. The van der Waals surface area contributed by atoms with Crippen LogP contribution in [-0.4, -0.2) is 53.7 Å². The molecule has 1 aromatic heterocycles. The third-order valence-electron chi connectivity index (χ3n) is 4.32. The number of aromatic nitrogens is 1. The van der Waals surface area contributed by atoms with Crippen molar-refractivity contribution in [1.82, 2.24) is 14.8 Å². The normalized spacial score (nSPS) is 14.9. The summed E-state index contributed by atoms with van der Waals surface area (Å²) in [6.45, 7) is 6.65. The smallest absolute Gasteiger partial charge is 0.409 e. The van der Waals surface area contributed by atoms with E-state index < -0.39 is 0 Å². The van der Waals surface area contributed by atoms with Gasteiger partial charge in [-0.2, -0.15) is 0 Å². The van der Waals surface area contributed by atoms with Crippen LogP contribution in [0.1, 0.15) is 18.2 Å². The molecule has 0 saturated carbocycles. The monoisotopic (exact) mass is 355 g/mol. The van der Waals surface area contributed by atoms with Gasteiger partial charge in [0.2, 0.25) is 0 Å². The Kier molecular flexibility index (Phi) is 6.44. The summed E-state index contributed by atoms with van der Waals surface area (Å²) >= 11 is 0. The lowest BCUT2D eigenvalue weighted by atomic mass is 10.2. The highest BCUT2D eigenvalue weighted by molar-refractivity contribution is 5.67. The summed E-state index contributed by atoms with van der Waals surface area (Å²) in [6, 6.07) is 14.0. The number of piperazine rings is 1. The SMILES string of the molecule is CCOC(=O)N1CCN(Cc2cccc(OCc3ccccn3)c2)CC1. The second-order valence-corrected chi connectivity index (χ2v) is 6.22. The van der Waals surface area contributed by atoms with Crippen molar-refractivity contribution in [3.8, 4) is 5.75 Å². The molecule has 0 radical (unpaired) electrons. The lowest BCUT2D eigenvalue weighted by Gasteiger charge is -2.34. The fraction of sp³-hybridized carbons (Fsp3) is 0.400. The minimum Gasteiger partial charge on any atom is -0.487 e. The number of benzene rings is 1. The van der Waals surface area contributed by atoms with E-state index in [1.54, 1.807) is 11.1 Å². The Morgan fingerprint density at radius 2 is 1.96 bits per heavy atom. The van der Waals surface area contributed by atoms with Gasteiger partial charge < -0.3 is 14.4 Å². The van der Waals surface area contributed by atoms with Gasteiger partial charge in [-0.1, -0.05) is 18.2 Å². The van der Waals surface area contributed by atoms with E-state index >= 15 is 0 Å². The van der Waals surface area contributed by atoms with Crippen molar-refractivity contribution in [2.75, 3.05) is 32.8 Å². The topological polar surface area (TPSA) is 54.9 Å². The van der Waals surface area contributed by atoms with Crippen LogP contribution < -0.4 is 4.74 Å². The summed E-state index contributed by atoms with van der Waals surface area (Å²) < 4.78 is 10.9. The molecular weight excluding hydrogens is 330 g/mol. The molecule has 1 amide bonds. The van der Waals surface area contributed by atoms with Gasteiger partial charge in [-0.25, -0.2) is 4.79 Å². The molecule has 0 bridgehead atoms. The largest absolute Gasteiger partial charge is 0.487 e. The van der Waals surface area contributed by atoms with Crippen molar-refractivity contribution in [3.63, 3.8) is 0 Å². The van der Waals surface area contributed by atoms with Gasteiger partial charge in [0.05, 0.1) is 12.3 Å². The number of amides is 1. The van der Waals surface area contributed by atoms with Crippen LogP contribution in [0, 0.1) is 0 Å². The summed E-state index contributed by atoms with van der Waals surface area (Å²) in [4.78, 5) is 20.1. The predicted molar refractivity (Wildman–Crippen MR) is 98.9 cm³/mol. The average molecular weight is 355 g/mol. The summed E-state index contributed by atoms with van der Waals surface area (Å²) in [5.74, 6) is 0.846. The van der Waals surface area contributed by atoms with Gasteiger partial charge >= 0.3 is 6.09 Å². The molecule has 6 heteroatoms. The Morgan fingerprint density at radius 1 is 1.12 bits per heavy atom. The fourth-order valence-electron chi connectivity index (χ4n) is 2.94. The number of rotatable bonds is 6. The molecule has 26 heavy (non-hydrogen) atoms. The van der Waals surface area contributed by atoms with E-state index in [4.69, 9.17) is 9.47 Å². The third kappa shape index (κ3) is 5.20. The standard InChI is InChI=1S/C20H25N3O3/c1-2-25-20(24)23-12-10-22(11-13-23)15-17-6-5-8-19(14-17)26-16-18-7-3-4-9-21-18/h3-9,14H,2,10-13,15-16H2,1H3. The molecule has 0 spiro atoms. The first-order valence-electron chi connectivity index (χ1n) is 9.00. The Balaban J connectivity index is 1.49. The Bertz CT molecular complexity index is 700. The van der Waals surface area contributed by atoms with Crippen LogP contribution in [0.3, 0.4) is 0 Å². The number of pyridine rings is 1. The number of ether oxygens (including phenoxy) is 2. The molecule has 0 N–H and O–H groups in total. The molecule has 1 fully saturated rings. The number of hydrogen-bond acceptors (Lipinski definition) is 5. The highest BCUT2D eigenvalue weighted by atomic mass is 16.6. The molecule has 3 rings (SSSR count). The first-order valence-corrected chi connectivity index (χ1v) is 9.00. The zero-order valence-corrected chi connectivity index (χ0v) is 15.1. The lowest BCUT2D eigenvalue weighted by Crippen LogP contribution is -2.48. The molecule has 2 heterocycles. The third-order valence-corrected chi connectivity index (χ3v) is 4.32. The second-order valence-electron chi connectivity index (χ2n) is 6.22. The number of carbonyl (C=O) groups is 1. The molecule has 0 unspecified atom stereocenters. The van der Waals surface area contributed by atoms with E-state index in [1.165, 1.54) is 5.56 Å². The summed E-state index contributed by atoms with van der Waals surface area (Å²) in [5, 5.41) is 0. The highest BCUT2D eigenvalue weighted by Gasteiger charge is 2.21. The van der Waals surface area contributed by atoms with Crippen LogP contribution >= 0.6 is 0 Å². The van der Waals surface area contributed by atoms with Gasteiger partial charge in [-0.3, -0.25) is 9.88 Å². The first kappa shape index (κ1) is 18.2. The van der Waals surface area contributed by atoms with E-state index in [0.717, 1.165) is 31.1 Å². The molecule has 1 aliphatic rings. The zero-order valence-electron chi connectivity index (χ0n) is 15.1. The van der Waals surface area contributed by atoms with Crippen molar-refractivity contribution in [2.45, 2.75) is 20.1 Å². The minimum atomic E-state index is -0.211. The van der Waals surface area contributed by atoms with Crippen molar-refractivity contribution in [3.05, 3.63) is 59.9 Å². The van der Waals surface area contributed by atoms with Crippen molar-refractivity contribution < 1.29 is 14.3 Å². The quantitative estimate of drug-likeness (QED) is 0.797. The maximum Gasteiger partial charge on any atom is 0.409 e. The summed E-state index contributed by atoms with van der Waals surface area (Å²) in [5.41, 5.74) is 2.11. The molecule has 1 saturated heterocycles. The lowest BCUT2D eigenvalue weighted by molar-refractivity contribution is 0.0778. The van der Waals surface area contributed by atoms with E-state index in [1.807, 2.05) is 37.3 Å². The molecule has 1 aliphatic heterocycles. The van der Waals surface area contributed by atoms with Crippen LogP contribution in [0.15, 0.2) is 48.7 Å². The molecule has 2 aromatic rings. The van der Waals surface area contributed by atoms with Gasteiger partial charge in [0.1, 0.15) is 12.4 Å². The minimum absolute atomic E-state index is 0.211. The van der Waals surface area contributed by atoms with Crippen molar-refractivity contribution in [2.24, 2.45) is 0 Å². The molecule has 6 nitrogen and oxygen atoms in total. The van der Waals surface area contributed by atoms with Crippen LogP contribution in [-0.2, 0) is 17.9 Å². The molecule has 0 atom stereocenters. The second kappa shape index (κ2) is 9.20. The van der Waals surface area contributed by atoms with E-state index in [9.17, 15) is 4.79 Å². The molecule has 1 aromatic carbocycles. The van der Waals surface area contributed by atoms with Crippen LogP contribution in [0.4, 0.5) is 4.79 Å². The Labute approximate surface area is 154 Å². The first-order chi connectivity index (χ1) is 12.7. The van der Waals surface area contributed by atoms with Gasteiger partial charge in [-0.05, 0) is 36.8 Å². The maximum atomic E-state index is 11.8. The van der Waals surface area contributed by atoms with Crippen LogP contribution in [0.2, 0.25) is 0 Å². The molecule has 0 aliphatic carbocycles. The van der Waals surface area contributed by atoms with E-state index in [2.05, 4.69) is 22.0 Å². The molecule has 138 valence electrons. The van der Waals surface area contributed by atoms with Gasteiger partial charge in [0, 0.05) is 38.9 Å². The van der Waals surface area contributed by atoms with Crippen LogP contribution in [0.5, 0.6) is 5.75 Å². The van der Waals surface area contributed by atoms with Crippen LogP contribution in [0.25, 0.3) is 0 Å². The number of nitrogens with zero attached hydrogens (tertiary/aromatic N) is 3. The average Bonchev–Trinajstić information content (AvgIpc) is 2.68. The zero-order chi connectivity index (χ0) is 18.2. The van der Waals surface area contributed by atoms with E-state index in [-0.39, 0.29) is 6.09 Å². The fourth-order valence-corrected chi connectivity index (χ4v) is 2.94. The van der Waals surface area contributed by atoms with Crippen molar-refractivity contribution >= 4 is 6.09 Å². The molecular formula is C20H25N3O3. The Hall–Kier alpha value is -2.60.